The quantitative estimate of drug-likeness (QED) is 0.678. The molecule has 1 saturated carbocycles. The lowest BCUT2D eigenvalue weighted by molar-refractivity contribution is -0.125. The summed E-state index contributed by atoms with van der Waals surface area (Å²) in [6.07, 6.45) is 2.47. The molecule has 7 nitrogen and oxygen atoms in total. The smallest absolute Gasteiger partial charge is 0.253 e. The number of oxazole rings is 1. The van der Waals surface area contributed by atoms with Crippen LogP contribution in [0.25, 0.3) is 22.6 Å². The van der Waals surface area contributed by atoms with Gasteiger partial charge in [-0.25, -0.2) is 4.98 Å². The zero-order valence-corrected chi connectivity index (χ0v) is 17.1. The normalized spacial score (nSPS) is 18.5. The number of ether oxygens (including phenoxy) is 1. The molecule has 2 unspecified atom stereocenters. The third kappa shape index (κ3) is 4.21. The van der Waals surface area contributed by atoms with Crippen molar-refractivity contribution in [2.75, 3.05) is 20.8 Å². The van der Waals surface area contributed by atoms with Crippen LogP contribution in [0.5, 0.6) is 0 Å². The molecule has 0 aliphatic heterocycles. The maximum Gasteiger partial charge on any atom is 0.253 e. The van der Waals surface area contributed by atoms with Gasteiger partial charge in [-0.15, -0.1) is 0 Å². The van der Waals surface area contributed by atoms with Crippen molar-refractivity contribution in [1.82, 2.24) is 15.2 Å². The molecular formula is C23H25N3O4. The fourth-order valence-electron chi connectivity index (χ4n) is 3.96. The highest BCUT2D eigenvalue weighted by atomic mass is 16.5. The van der Waals surface area contributed by atoms with Crippen LogP contribution in [0.15, 0.2) is 52.9 Å². The number of nitrogens with zero attached hydrogens (tertiary/aromatic N) is 2. The van der Waals surface area contributed by atoms with E-state index in [9.17, 15) is 9.59 Å². The van der Waals surface area contributed by atoms with Crippen molar-refractivity contribution in [3.63, 3.8) is 0 Å². The number of nitrogens with one attached hydrogen (secondary N) is 1. The van der Waals surface area contributed by atoms with Gasteiger partial charge in [0.05, 0.1) is 0 Å². The topological polar surface area (TPSA) is 84.7 Å². The molecule has 7 heteroatoms. The summed E-state index contributed by atoms with van der Waals surface area (Å²) in [4.78, 5) is 30.9. The lowest BCUT2D eigenvalue weighted by Crippen LogP contribution is -2.39. The Morgan fingerprint density at radius 2 is 1.93 bits per heavy atom. The summed E-state index contributed by atoms with van der Waals surface area (Å²) in [5.74, 6) is 0.383. The van der Waals surface area contributed by atoms with Crippen LogP contribution in [0.1, 0.15) is 29.6 Å². The molecule has 1 aromatic heterocycles. The van der Waals surface area contributed by atoms with E-state index in [1.165, 1.54) is 7.11 Å². The lowest BCUT2D eigenvalue weighted by Gasteiger charge is -2.25. The van der Waals surface area contributed by atoms with E-state index in [1.54, 1.807) is 17.0 Å². The summed E-state index contributed by atoms with van der Waals surface area (Å²) in [6, 6.07) is 15.1. The van der Waals surface area contributed by atoms with Gasteiger partial charge in [0.25, 0.3) is 5.91 Å². The third-order valence-electron chi connectivity index (χ3n) is 5.59. The molecule has 30 heavy (non-hydrogen) atoms. The number of hydrogen-bond acceptors (Lipinski definition) is 5. The second-order valence-corrected chi connectivity index (χ2v) is 7.64. The minimum Gasteiger partial charge on any atom is -0.436 e. The van der Waals surface area contributed by atoms with Gasteiger partial charge < -0.3 is 19.4 Å². The number of carbonyl (C=O) groups excluding carboxylic acids is 2. The Kier molecular flexibility index (Phi) is 5.81. The van der Waals surface area contributed by atoms with E-state index in [0.717, 1.165) is 35.9 Å². The molecule has 4 rings (SSSR count). The van der Waals surface area contributed by atoms with Crippen LogP contribution in [-0.4, -0.2) is 54.5 Å². The van der Waals surface area contributed by atoms with Gasteiger partial charge >= 0.3 is 0 Å². The molecule has 0 bridgehead atoms. The third-order valence-corrected chi connectivity index (χ3v) is 5.59. The van der Waals surface area contributed by atoms with Crippen molar-refractivity contribution in [3.05, 3.63) is 54.1 Å². The Morgan fingerprint density at radius 3 is 2.67 bits per heavy atom. The van der Waals surface area contributed by atoms with Crippen molar-refractivity contribution in [2.45, 2.75) is 31.3 Å². The van der Waals surface area contributed by atoms with Crippen molar-refractivity contribution < 1.29 is 18.7 Å². The highest BCUT2D eigenvalue weighted by Gasteiger charge is 2.31. The van der Waals surface area contributed by atoms with Crippen molar-refractivity contribution in [2.24, 2.45) is 0 Å². The summed E-state index contributed by atoms with van der Waals surface area (Å²) < 4.78 is 10.6. The molecule has 0 spiro atoms. The first-order chi connectivity index (χ1) is 14.5. The number of aromatic nitrogens is 1. The summed E-state index contributed by atoms with van der Waals surface area (Å²) in [7, 11) is 3.32. The predicted octanol–water partition coefficient (Wildman–Crippen LogP) is 3.25. The van der Waals surface area contributed by atoms with Crippen LogP contribution >= 0.6 is 0 Å². The standard InChI is InChI=1S/C23H25N3O4/c1-26(18-12-11-17(13-18)24-21(27)14-29-2)23(28)16-9-7-15(8-10-16)22-25-19-5-3-4-6-20(19)30-22/h3-10,17-18H,11-14H2,1-2H3,(H,24,27). The van der Waals surface area contributed by atoms with Crippen molar-refractivity contribution >= 4 is 22.9 Å². The van der Waals surface area contributed by atoms with E-state index in [-0.39, 0.29) is 30.5 Å². The average molecular weight is 407 g/mol. The zero-order valence-electron chi connectivity index (χ0n) is 17.1. The number of fused-ring (bicyclic) bond motifs is 1. The summed E-state index contributed by atoms with van der Waals surface area (Å²) >= 11 is 0. The van der Waals surface area contributed by atoms with Gasteiger partial charge in [0.2, 0.25) is 11.8 Å². The Morgan fingerprint density at radius 1 is 1.17 bits per heavy atom. The Hall–Kier alpha value is -3.19. The first kappa shape index (κ1) is 20.1. The molecule has 156 valence electrons. The number of hydrogen-bond donors (Lipinski definition) is 1. The molecule has 3 aromatic rings. The predicted molar refractivity (Wildman–Crippen MR) is 113 cm³/mol. The number of para-hydroxylation sites is 2. The fourth-order valence-corrected chi connectivity index (χ4v) is 3.96. The summed E-state index contributed by atoms with van der Waals surface area (Å²) in [5, 5.41) is 2.96. The number of carbonyl (C=O) groups is 2. The number of benzene rings is 2. The highest BCUT2D eigenvalue weighted by Crippen LogP contribution is 2.27. The van der Waals surface area contributed by atoms with Gasteiger partial charge in [0.15, 0.2) is 5.58 Å². The molecule has 1 aliphatic rings. The van der Waals surface area contributed by atoms with Crippen LogP contribution in [0.4, 0.5) is 0 Å². The molecule has 0 radical (unpaired) electrons. The molecule has 1 aliphatic carbocycles. The first-order valence-electron chi connectivity index (χ1n) is 10.1. The molecule has 2 aromatic carbocycles. The van der Waals surface area contributed by atoms with Crippen LogP contribution in [0.3, 0.4) is 0 Å². The van der Waals surface area contributed by atoms with E-state index < -0.39 is 0 Å². The monoisotopic (exact) mass is 407 g/mol. The van der Waals surface area contributed by atoms with Crippen molar-refractivity contribution in [1.29, 1.82) is 0 Å². The largest absolute Gasteiger partial charge is 0.436 e. The average Bonchev–Trinajstić information content (AvgIpc) is 3.40. The lowest BCUT2D eigenvalue weighted by atomic mass is 10.1. The van der Waals surface area contributed by atoms with Crippen LogP contribution in [-0.2, 0) is 9.53 Å². The van der Waals surface area contributed by atoms with E-state index >= 15 is 0 Å². The highest BCUT2D eigenvalue weighted by molar-refractivity contribution is 5.94. The SMILES string of the molecule is COCC(=O)NC1CCC(N(C)C(=O)c2ccc(-c3nc4ccccc4o3)cc2)C1. The fraction of sp³-hybridized carbons (Fsp3) is 0.348. The van der Waals surface area contributed by atoms with Crippen LogP contribution in [0.2, 0.25) is 0 Å². The molecule has 1 fully saturated rings. The van der Waals surface area contributed by atoms with Crippen LogP contribution in [0, 0.1) is 0 Å². The Balaban J connectivity index is 1.40. The molecule has 1 N–H and O–H groups in total. The van der Waals surface area contributed by atoms with Gasteiger partial charge in [0.1, 0.15) is 12.1 Å². The summed E-state index contributed by atoms with van der Waals surface area (Å²) in [6.45, 7) is 0.0579. The Bertz CT molecular complexity index is 1010. The molecule has 2 atom stereocenters. The van der Waals surface area contributed by atoms with E-state index in [2.05, 4.69) is 10.3 Å². The molecule has 0 saturated heterocycles. The van der Waals surface area contributed by atoms with Gasteiger partial charge in [-0.2, -0.15) is 0 Å². The van der Waals surface area contributed by atoms with Gasteiger partial charge in [-0.1, -0.05) is 12.1 Å². The zero-order chi connectivity index (χ0) is 21.1. The molecule has 1 heterocycles. The van der Waals surface area contributed by atoms with Gasteiger partial charge in [-0.05, 0) is 55.7 Å². The van der Waals surface area contributed by atoms with E-state index in [4.69, 9.17) is 9.15 Å². The molecule has 2 amide bonds. The second-order valence-electron chi connectivity index (χ2n) is 7.64. The van der Waals surface area contributed by atoms with E-state index in [1.807, 2.05) is 43.4 Å². The molecular weight excluding hydrogens is 382 g/mol. The second kappa shape index (κ2) is 8.67. The summed E-state index contributed by atoms with van der Waals surface area (Å²) in [5.41, 5.74) is 2.98. The van der Waals surface area contributed by atoms with E-state index in [0.29, 0.717) is 11.5 Å². The minimum atomic E-state index is -0.119. The van der Waals surface area contributed by atoms with Crippen molar-refractivity contribution in [3.8, 4) is 11.5 Å². The first-order valence-corrected chi connectivity index (χ1v) is 10.1. The van der Waals surface area contributed by atoms with Gasteiger partial charge in [0, 0.05) is 37.4 Å². The number of rotatable bonds is 6. The number of methoxy groups -OCH3 is 1. The maximum atomic E-state index is 12.9. The van der Waals surface area contributed by atoms with Crippen LogP contribution < -0.4 is 5.32 Å². The van der Waals surface area contributed by atoms with Gasteiger partial charge in [-0.3, -0.25) is 9.59 Å². The maximum absolute atomic E-state index is 12.9. The number of amides is 2. The minimum absolute atomic E-state index is 0.0343. The Labute approximate surface area is 175 Å².